The molecule has 0 aliphatic rings. The van der Waals surface area contributed by atoms with Crippen LogP contribution in [-0.2, 0) is 0 Å². The summed E-state index contributed by atoms with van der Waals surface area (Å²) in [6, 6.07) is 22.6. The minimum atomic E-state index is -0.540. The molecule has 0 saturated carbocycles. The maximum atomic E-state index is 13.9. The summed E-state index contributed by atoms with van der Waals surface area (Å²) in [6.07, 6.45) is 0. The maximum absolute atomic E-state index is 13.9. The monoisotopic (exact) mass is 335 g/mol. The lowest BCUT2D eigenvalue weighted by atomic mass is 9.98. The summed E-state index contributed by atoms with van der Waals surface area (Å²) in [5, 5.41) is 2.92. The van der Waals surface area contributed by atoms with Gasteiger partial charge in [-0.1, -0.05) is 54.6 Å². The number of rotatable bonds is 5. The molecule has 0 aromatic heterocycles. The van der Waals surface area contributed by atoms with Crippen molar-refractivity contribution in [3.05, 3.63) is 101 Å². The van der Waals surface area contributed by atoms with Gasteiger partial charge in [0.1, 0.15) is 11.6 Å². The van der Waals surface area contributed by atoms with E-state index in [4.69, 9.17) is 4.74 Å². The van der Waals surface area contributed by atoms with Crippen LogP contribution in [0.15, 0.2) is 78.9 Å². The zero-order valence-corrected chi connectivity index (χ0v) is 13.8. The Morgan fingerprint density at radius 3 is 2.12 bits per heavy atom. The molecule has 0 saturated heterocycles. The van der Waals surface area contributed by atoms with Crippen molar-refractivity contribution >= 4 is 5.91 Å². The zero-order valence-electron chi connectivity index (χ0n) is 13.8. The second kappa shape index (κ2) is 7.62. The van der Waals surface area contributed by atoms with Crippen LogP contribution in [0, 0.1) is 5.82 Å². The van der Waals surface area contributed by atoms with E-state index in [1.807, 2.05) is 54.6 Å². The van der Waals surface area contributed by atoms with E-state index in [1.54, 1.807) is 19.2 Å². The molecule has 1 amide bonds. The predicted molar refractivity (Wildman–Crippen MR) is 95.1 cm³/mol. The van der Waals surface area contributed by atoms with Crippen molar-refractivity contribution in [2.75, 3.05) is 7.11 Å². The van der Waals surface area contributed by atoms with Crippen LogP contribution < -0.4 is 10.1 Å². The van der Waals surface area contributed by atoms with Gasteiger partial charge in [0.15, 0.2) is 0 Å². The molecule has 0 bridgehead atoms. The third-order valence-corrected chi connectivity index (χ3v) is 3.98. The molecule has 25 heavy (non-hydrogen) atoms. The molecule has 1 N–H and O–H groups in total. The Morgan fingerprint density at radius 1 is 0.880 bits per heavy atom. The van der Waals surface area contributed by atoms with Gasteiger partial charge in [0.2, 0.25) is 0 Å². The number of hydrogen-bond acceptors (Lipinski definition) is 2. The molecular weight excluding hydrogens is 317 g/mol. The number of hydrogen-bond donors (Lipinski definition) is 1. The number of ether oxygens (including phenoxy) is 1. The standard InChI is InChI=1S/C21H18FNO2/c1-25-17-13-11-16(12-14-17)20(15-7-3-2-4-8-15)23-21(24)18-9-5-6-10-19(18)22/h2-14,20H,1H3,(H,23,24)/t20-/m1/s1. The average molecular weight is 335 g/mol. The lowest BCUT2D eigenvalue weighted by Crippen LogP contribution is -2.30. The van der Waals surface area contributed by atoms with Gasteiger partial charge in [0.25, 0.3) is 5.91 Å². The van der Waals surface area contributed by atoms with Crippen LogP contribution >= 0.6 is 0 Å². The Hall–Kier alpha value is -3.14. The smallest absolute Gasteiger partial charge is 0.255 e. The van der Waals surface area contributed by atoms with Crippen molar-refractivity contribution in [1.82, 2.24) is 5.32 Å². The van der Waals surface area contributed by atoms with Crippen LogP contribution in [0.5, 0.6) is 5.75 Å². The fraction of sp³-hybridized carbons (Fsp3) is 0.0952. The Bertz CT molecular complexity index is 847. The zero-order chi connectivity index (χ0) is 17.6. The van der Waals surface area contributed by atoms with Gasteiger partial charge >= 0.3 is 0 Å². The maximum Gasteiger partial charge on any atom is 0.255 e. The molecule has 126 valence electrons. The summed E-state index contributed by atoms with van der Waals surface area (Å²) in [5.41, 5.74) is 1.82. The summed E-state index contributed by atoms with van der Waals surface area (Å²) < 4.78 is 19.1. The van der Waals surface area contributed by atoms with Gasteiger partial charge in [0, 0.05) is 0 Å². The van der Waals surface area contributed by atoms with E-state index < -0.39 is 11.7 Å². The van der Waals surface area contributed by atoms with Gasteiger partial charge < -0.3 is 10.1 Å². The number of nitrogens with one attached hydrogen (secondary N) is 1. The molecule has 0 radical (unpaired) electrons. The van der Waals surface area contributed by atoms with Crippen molar-refractivity contribution in [2.24, 2.45) is 0 Å². The van der Waals surface area contributed by atoms with Crippen LogP contribution in [-0.4, -0.2) is 13.0 Å². The van der Waals surface area contributed by atoms with Crippen molar-refractivity contribution in [3.8, 4) is 5.75 Å². The van der Waals surface area contributed by atoms with E-state index in [9.17, 15) is 9.18 Å². The van der Waals surface area contributed by atoms with Crippen molar-refractivity contribution < 1.29 is 13.9 Å². The highest BCUT2D eigenvalue weighted by Gasteiger charge is 2.19. The van der Waals surface area contributed by atoms with Gasteiger partial charge in [-0.25, -0.2) is 4.39 Å². The Labute approximate surface area is 146 Å². The number of carbonyl (C=O) groups excluding carboxylic acids is 1. The van der Waals surface area contributed by atoms with Crippen LogP contribution in [0.1, 0.15) is 27.5 Å². The fourth-order valence-electron chi connectivity index (χ4n) is 2.66. The van der Waals surface area contributed by atoms with Gasteiger partial charge in [-0.2, -0.15) is 0 Å². The molecule has 3 nitrogen and oxygen atoms in total. The lowest BCUT2D eigenvalue weighted by molar-refractivity contribution is 0.0939. The highest BCUT2D eigenvalue weighted by Crippen LogP contribution is 2.24. The quantitative estimate of drug-likeness (QED) is 0.752. The number of amides is 1. The number of benzene rings is 3. The molecule has 0 spiro atoms. The largest absolute Gasteiger partial charge is 0.497 e. The van der Waals surface area contributed by atoms with E-state index in [0.717, 1.165) is 16.9 Å². The summed E-state index contributed by atoms with van der Waals surface area (Å²) in [7, 11) is 1.60. The summed E-state index contributed by atoms with van der Waals surface area (Å²) in [5.74, 6) is -0.264. The van der Waals surface area contributed by atoms with Crippen molar-refractivity contribution in [1.29, 1.82) is 0 Å². The summed E-state index contributed by atoms with van der Waals surface area (Å²) in [6.45, 7) is 0. The topological polar surface area (TPSA) is 38.3 Å². The normalized spacial score (nSPS) is 11.6. The Kier molecular flexibility index (Phi) is 5.09. The minimum absolute atomic E-state index is 0.0249. The fourth-order valence-corrected chi connectivity index (χ4v) is 2.66. The van der Waals surface area contributed by atoms with E-state index in [-0.39, 0.29) is 11.6 Å². The number of methoxy groups -OCH3 is 1. The molecule has 0 aliphatic carbocycles. The molecule has 0 unspecified atom stereocenters. The summed E-state index contributed by atoms with van der Waals surface area (Å²) in [4.78, 5) is 12.6. The van der Waals surface area contributed by atoms with E-state index in [2.05, 4.69) is 5.32 Å². The Balaban J connectivity index is 1.94. The molecule has 3 rings (SSSR count). The van der Waals surface area contributed by atoms with Crippen LogP contribution in [0.3, 0.4) is 0 Å². The third kappa shape index (κ3) is 3.86. The highest BCUT2D eigenvalue weighted by atomic mass is 19.1. The lowest BCUT2D eigenvalue weighted by Gasteiger charge is -2.20. The van der Waals surface area contributed by atoms with Crippen LogP contribution in [0.4, 0.5) is 4.39 Å². The van der Waals surface area contributed by atoms with E-state index in [0.29, 0.717) is 0 Å². The first-order valence-corrected chi connectivity index (χ1v) is 7.93. The first-order chi connectivity index (χ1) is 12.2. The minimum Gasteiger partial charge on any atom is -0.497 e. The van der Waals surface area contributed by atoms with E-state index in [1.165, 1.54) is 12.1 Å². The van der Waals surface area contributed by atoms with Crippen molar-refractivity contribution in [2.45, 2.75) is 6.04 Å². The third-order valence-electron chi connectivity index (χ3n) is 3.98. The number of halogens is 1. The van der Waals surface area contributed by atoms with Gasteiger partial charge in [-0.3, -0.25) is 4.79 Å². The second-order valence-electron chi connectivity index (χ2n) is 5.57. The SMILES string of the molecule is COc1ccc([C@H](NC(=O)c2ccccc2F)c2ccccc2)cc1. The average Bonchev–Trinajstić information content (AvgIpc) is 2.67. The van der Waals surface area contributed by atoms with Crippen molar-refractivity contribution in [3.63, 3.8) is 0 Å². The molecule has 0 aliphatic heterocycles. The van der Waals surface area contributed by atoms with Crippen LogP contribution in [0.2, 0.25) is 0 Å². The molecule has 0 fully saturated rings. The predicted octanol–water partition coefficient (Wildman–Crippen LogP) is 4.35. The van der Waals surface area contributed by atoms with E-state index >= 15 is 0 Å². The van der Waals surface area contributed by atoms with Gasteiger partial charge in [-0.15, -0.1) is 0 Å². The number of carbonyl (C=O) groups is 1. The first kappa shape index (κ1) is 16.7. The van der Waals surface area contributed by atoms with Gasteiger partial charge in [0.05, 0.1) is 18.7 Å². The molecule has 0 heterocycles. The molecule has 3 aromatic rings. The molecule has 1 atom stereocenters. The first-order valence-electron chi connectivity index (χ1n) is 7.93. The second-order valence-corrected chi connectivity index (χ2v) is 5.57. The highest BCUT2D eigenvalue weighted by molar-refractivity contribution is 5.94. The summed E-state index contributed by atoms with van der Waals surface area (Å²) >= 11 is 0. The molecule has 4 heteroatoms. The molecule has 3 aromatic carbocycles. The van der Waals surface area contributed by atoms with Gasteiger partial charge in [-0.05, 0) is 35.4 Å². The Morgan fingerprint density at radius 2 is 1.48 bits per heavy atom. The molecular formula is C21H18FNO2. The van der Waals surface area contributed by atoms with Crippen LogP contribution in [0.25, 0.3) is 0 Å².